The minimum Gasteiger partial charge on any atom is -0.772 e. The molecule has 31 heavy (non-hydrogen) atoms. The SMILES string of the molecule is COc1ccc2c(Nc3ccc(F)c(Cl)c3)ncnc2c1.O=C(CCCS(=O)[O-])NO. The maximum absolute atomic E-state index is 13.2. The summed E-state index contributed by atoms with van der Waals surface area (Å²) >= 11 is 3.68. The predicted octanol–water partition coefficient (Wildman–Crippen LogP) is 3.33. The summed E-state index contributed by atoms with van der Waals surface area (Å²) in [4.78, 5) is 18.6. The minimum absolute atomic E-state index is 0.0322. The van der Waals surface area contributed by atoms with Crippen LogP contribution in [0.15, 0.2) is 42.7 Å². The fourth-order valence-electron chi connectivity index (χ4n) is 2.38. The number of amides is 1. The Morgan fingerprint density at radius 1 is 1.29 bits per heavy atom. The Labute approximate surface area is 184 Å². The number of hydroxylamine groups is 1. The molecule has 0 fully saturated rings. The number of rotatable bonds is 7. The molecule has 0 aliphatic rings. The van der Waals surface area contributed by atoms with Gasteiger partial charge in [0.25, 0.3) is 0 Å². The monoisotopic (exact) mass is 469 g/mol. The first-order valence-corrected chi connectivity index (χ1v) is 10.5. The molecule has 0 saturated carbocycles. The van der Waals surface area contributed by atoms with Crippen LogP contribution in [0.2, 0.25) is 5.02 Å². The van der Waals surface area contributed by atoms with E-state index in [-0.39, 0.29) is 23.6 Å². The highest BCUT2D eigenvalue weighted by atomic mass is 35.5. The van der Waals surface area contributed by atoms with E-state index in [2.05, 4.69) is 15.3 Å². The number of carbonyl (C=O) groups is 1. The highest BCUT2D eigenvalue weighted by Crippen LogP contribution is 2.27. The fraction of sp³-hybridized carbons (Fsp3) is 0.211. The van der Waals surface area contributed by atoms with Crippen LogP contribution in [0.3, 0.4) is 0 Å². The number of fused-ring (bicyclic) bond motifs is 1. The van der Waals surface area contributed by atoms with Gasteiger partial charge in [-0.15, -0.1) is 0 Å². The second-order valence-corrected chi connectivity index (χ2v) is 7.43. The van der Waals surface area contributed by atoms with Gasteiger partial charge in [0.05, 0.1) is 17.6 Å². The molecule has 3 rings (SSSR count). The normalized spacial score (nSPS) is 11.3. The topological polar surface area (TPSA) is 136 Å². The second kappa shape index (κ2) is 12.1. The Bertz CT molecular complexity index is 1070. The molecule has 0 radical (unpaired) electrons. The predicted molar refractivity (Wildman–Crippen MR) is 114 cm³/mol. The lowest BCUT2D eigenvalue weighted by molar-refractivity contribution is -0.129. The van der Waals surface area contributed by atoms with E-state index in [1.54, 1.807) is 13.2 Å². The molecule has 0 bridgehead atoms. The standard InChI is InChI=1S/C15H11ClFN3O.C4H9NO4S/c1-21-10-3-4-11-14(7-10)18-8-19-15(11)20-9-2-5-13(17)12(16)6-9;6-4(5-7)2-1-3-10(8)9/h2-8H,1H3,(H,18,19,20);7H,1-3H2,(H,5,6)(H,8,9)/p-1. The number of nitrogens with zero attached hydrogens (tertiary/aromatic N) is 2. The smallest absolute Gasteiger partial charge is 0.243 e. The van der Waals surface area contributed by atoms with E-state index in [4.69, 9.17) is 21.5 Å². The van der Waals surface area contributed by atoms with E-state index in [1.165, 1.54) is 23.9 Å². The molecule has 9 nitrogen and oxygen atoms in total. The zero-order valence-electron chi connectivity index (χ0n) is 16.3. The summed E-state index contributed by atoms with van der Waals surface area (Å²) in [5, 5.41) is 11.9. The Morgan fingerprint density at radius 2 is 2.06 bits per heavy atom. The van der Waals surface area contributed by atoms with Gasteiger partial charge in [0.1, 0.15) is 23.7 Å². The van der Waals surface area contributed by atoms with Crippen molar-refractivity contribution in [3.63, 3.8) is 0 Å². The van der Waals surface area contributed by atoms with Crippen LogP contribution in [0.4, 0.5) is 15.9 Å². The largest absolute Gasteiger partial charge is 0.772 e. The van der Waals surface area contributed by atoms with Crippen LogP contribution >= 0.6 is 11.6 Å². The number of carbonyl (C=O) groups excluding carboxylic acids is 1. The number of methoxy groups -OCH3 is 1. The zero-order valence-corrected chi connectivity index (χ0v) is 17.9. The number of benzene rings is 2. The summed E-state index contributed by atoms with van der Waals surface area (Å²) in [5.41, 5.74) is 2.80. The number of nitrogens with one attached hydrogen (secondary N) is 2. The third-order valence-electron chi connectivity index (χ3n) is 3.87. The van der Waals surface area contributed by atoms with Gasteiger partial charge in [-0.3, -0.25) is 14.2 Å². The number of ether oxygens (including phenoxy) is 1. The molecule has 166 valence electrons. The third kappa shape index (κ3) is 7.72. The van der Waals surface area contributed by atoms with E-state index in [1.807, 2.05) is 18.2 Å². The maximum Gasteiger partial charge on any atom is 0.243 e. The van der Waals surface area contributed by atoms with Crippen LogP contribution in [0.1, 0.15) is 12.8 Å². The van der Waals surface area contributed by atoms with E-state index < -0.39 is 22.8 Å². The lowest BCUT2D eigenvalue weighted by Gasteiger charge is -2.09. The molecule has 12 heteroatoms. The van der Waals surface area contributed by atoms with E-state index in [9.17, 15) is 17.9 Å². The zero-order chi connectivity index (χ0) is 22.8. The first kappa shape index (κ1) is 24.4. The van der Waals surface area contributed by atoms with Gasteiger partial charge in [-0.25, -0.2) is 19.8 Å². The molecule has 1 unspecified atom stereocenters. The number of hydrogen-bond donors (Lipinski definition) is 3. The lowest BCUT2D eigenvalue weighted by Crippen LogP contribution is -2.18. The van der Waals surface area contributed by atoms with Gasteiger partial charge in [0.2, 0.25) is 5.91 Å². The van der Waals surface area contributed by atoms with Gasteiger partial charge >= 0.3 is 0 Å². The fourth-order valence-corrected chi connectivity index (χ4v) is 2.94. The Morgan fingerprint density at radius 3 is 2.71 bits per heavy atom. The van der Waals surface area contributed by atoms with Crippen molar-refractivity contribution in [3.8, 4) is 5.75 Å². The van der Waals surface area contributed by atoms with Crippen LogP contribution in [0.5, 0.6) is 5.75 Å². The Hall–Kier alpha value is -2.86. The first-order valence-electron chi connectivity index (χ1n) is 8.83. The number of halogens is 2. The average molecular weight is 470 g/mol. The van der Waals surface area contributed by atoms with Crippen molar-refractivity contribution in [2.24, 2.45) is 0 Å². The van der Waals surface area contributed by atoms with Crippen LogP contribution < -0.4 is 15.5 Å². The van der Waals surface area contributed by atoms with Gasteiger partial charge in [0, 0.05) is 29.3 Å². The molecule has 2 aromatic carbocycles. The molecule has 1 amide bonds. The Kier molecular flexibility index (Phi) is 9.53. The molecule has 0 saturated heterocycles. The van der Waals surface area contributed by atoms with Crippen LogP contribution in [0, 0.1) is 5.82 Å². The molecule has 1 aromatic heterocycles. The Balaban J connectivity index is 0.000000291. The minimum atomic E-state index is -2.10. The van der Waals surface area contributed by atoms with Crippen LogP contribution in [0.25, 0.3) is 10.9 Å². The van der Waals surface area contributed by atoms with Crippen molar-refractivity contribution in [3.05, 3.63) is 53.6 Å². The highest BCUT2D eigenvalue weighted by molar-refractivity contribution is 7.79. The van der Waals surface area contributed by atoms with Crippen molar-refractivity contribution in [1.82, 2.24) is 15.4 Å². The van der Waals surface area contributed by atoms with Gasteiger partial charge < -0.3 is 14.6 Å². The molecule has 0 spiro atoms. The van der Waals surface area contributed by atoms with E-state index >= 15 is 0 Å². The maximum atomic E-state index is 13.2. The quantitative estimate of drug-likeness (QED) is 0.272. The molecule has 3 aromatic rings. The molecular weight excluding hydrogens is 451 g/mol. The summed E-state index contributed by atoms with van der Waals surface area (Å²) in [6.45, 7) is 0. The van der Waals surface area contributed by atoms with Crippen LogP contribution in [-0.4, -0.2) is 42.7 Å². The summed E-state index contributed by atoms with van der Waals surface area (Å²) in [6.07, 6.45) is 1.72. The molecule has 1 heterocycles. The van der Waals surface area contributed by atoms with Crippen LogP contribution in [-0.2, 0) is 15.9 Å². The second-order valence-electron chi connectivity index (χ2n) is 6.01. The van der Waals surface area contributed by atoms with Gasteiger partial charge in [-0.1, -0.05) is 22.7 Å². The lowest BCUT2D eigenvalue weighted by atomic mass is 10.2. The van der Waals surface area contributed by atoms with E-state index in [0.717, 1.165) is 16.7 Å². The highest BCUT2D eigenvalue weighted by Gasteiger charge is 2.07. The molecule has 0 aliphatic carbocycles. The number of aromatic nitrogens is 2. The molecular formula is C19H19ClFN4O5S-. The average Bonchev–Trinajstić information content (AvgIpc) is 2.76. The molecule has 3 N–H and O–H groups in total. The van der Waals surface area contributed by atoms with E-state index in [0.29, 0.717) is 11.5 Å². The summed E-state index contributed by atoms with van der Waals surface area (Å²) < 4.78 is 38.1. The molecule has 1 atom stereocenters. The van der Waals surface area contributed by atoms with Crippen molar-refractivity contribution in [2.75, 3.05) is 18.2 Å². The molecule has 0 aliphatic heterocycles. The number of anilines is 2. The van der Waals surface area contributed by atoms with Gasteiger partial charge in [-0.2, -0.15) is 0 Å². The summed E-state index contributed by atoms with van der Waals surface area (Å²) in [5.74, 6) is 0.264. The van der Waals surface area contributed by atoms with Crippen molar-refractivity contribution < 1.29 is 27.9 Å². The van der Waals surface area contributed by atoms with Crippen molar-refractivity contribution in [2.45, 2.75) is 12.8 Å². The van der Waals surface area contributed by atoms with Crippen molar-refractivity contribution >= 4 is 51.0 Å². The van der Waals surface area contributed by atoms with Gasteiger partial charge in [-0.05, 0) is 36.8 Å². The van der Waals surface area contributed by atoms with Gasteiger partial charge in [0.15, 0.2) is 0 Å². The summed E-state index contributed by atoms with van der Waals surface area (Å²) in [6, 6.07) is 9.92. The number of hydrogen-bond acceptors (Lipinski definition) is 8. The summed E-state index contributed by atoms with van der Waals surface area (Å²) in [7, 11) is 1.60. The van der Waals surface area contributed by atoms with Crippen molar-refractivity contribution in [1.29, 1.82) is 0 Å². The third-order valence-corrected chi connectivity index (χ3v) is 4.78. The first-order chi connectivity index (χ1) is 14.8.